The Bertz CT molecular complexity index is 626. The fourth-order valence-corrected chi connectivity index (χ4v) is 1.96. The molecule has 1 aromatic heterocycles. The van der Waals surface area contributed by atoms with Gasteiger partial charge in [0.1, 0.15) is 5.82 Å². The summed E-state index contributed by atoms with van der Waals surface area (Å²) in [7, 11) is 0. The van der Waals surface area contributed by atoms with Gasteiger partial charge in [0.25, 0.3) is 0 Å². The van der Waals surface area contributed by atoms with E-state index >= 15 is 0 Å². The van der Waals surface area contributed by atoms with E-state index in [1.807, 2.05) is 6.92 Å². The number of halogens is 1. The Hall–Kier alpha value is -1.88. The second-order valence-corrected chi connectivity index (χ2v) is 4.87. The third kappa shape index (κ3) is 2.36. The van der Waals surface area contributed by atoms with Crippen molar-refractivity contribution in [3.8, 4) is 0 Å². The lowest BCUT2D eigenvalue weighted by Crippen LogP contribution is -2.07. The lowest BCUT2D eigenvalue weighted by Gasteiger charge is -2.06. The van der Waals surface area contributed by atoms with Crippen molar-refractivity contribution >= 4 is 33.2 Å². The number of hydrogen-bond donors (Lipinski definition) is 2. The molecular weight excluding hydrogens is 294 g/mol. The van der Waals surface area contributed by atoms with Crippen LogP contribution in [0.25, 0.3) is 0 Å². The molecule has 2 aromatic rings. The number of rotatable bonds is 2. The Morgan fingerprint density at radius 1 is 1.28 bits per heavy atom. The molecule has 0 radical (unpaired) electrons. The smallest absolute Gasteiger partial charge is 0.196 e. The van der Waals surface area contributed by atoms with Gasteiger partial charge in [-0.05, 0) is 52.7 Å². The standard InChI is InChI=1S/C13H12BrN3O/c1-7-4-9(13(16)17-6-7)12(18)8-2-3-11(15)10(14)5-8/h2-6H,15H2,1H3,(H2,16,17). The molecule has 1 heterocycles. The van der Waals surface area contributed by atoms with E-state index in [4.69, 9.17) is 11.5 Å². The molecule has 2 rings (SSSR count). The van der Waals surface area contributed by atoms with Crippen molar-refractivity contribution in [2.45, 2.75) is 6.92 Å². The van der Waals surface area contributed by atoms with Gasteiger partial charge in [-0.2, -0.15) is 0 Å². The Morgan fingerprint density at radius 3 is 2.67 bits per heavy atom. The monoisotopic (exact) mass is 305 g/mol. The van der Waals surface area contributed by atoms with Crippen LogP contribution in [0.1, 0.15) is 21.5 Å². The van der Waals surface area contributed by atoms with Crippen LogP contribution in [0.5, 0.6) is 0 Å². The van der Waals surface area contributed by atoms with E-state index in [0.717, 1.165) is 5.56 Å². The van der Waals surface area contributed by atoms with Crippen molar-refractivity contribution in [3.63, 3.8) is 0 Å². The molecule has 5 heteroatoms. The zero-order valence-electron chi connectivity index (χ0n) is 9.77. The molecule has 0 spiro atoms. The summed E-state index contributed by atoms with van der Waals surface area (Å²) in [6.07, 6.45) is 1.63. The number of anilines is 2. The van der Waals surface area contributed by atoms with E-state index in [2.05, 4.69) is 20.9 Å². The summed E-state index contributed by atoms with van der Waals surface area (Å²) < 4.78 is 0.688. The number of ketones is 1. The number of nitrogens with zero attached hydrogens (tertiary/aromatic N) is 1. The van der Waals surface area contributed by atoms with Crippen molar-refractivity contribution in [2.24, 2.45) is 0 Å². The summed E-state index contributed by atoms with van der Waals surface area (Å²) in [4.78, 5) is 16.3. The summed E-state index contributed by atoms with van der Waals surface area (Å²) >= 11 is 3.30. The molecule has 4 nitrogen and oxygen atoms in total. The maximum Gasteiger partial charge on any atom is 0.196 e. The summed E-state index contributed by atoms with van der Waals surface area (Å²) in [6, 6.07) is 6.76. The largest absolute Gasteiger partial charge is 0.398 e. The zero-order valence-corrected chi connectivity index (χ0v) is 11.4. The van der Waals surface area contributed by atoms with E-state index in [9.17, 15) is 4.79 Å². The average molecular weight is 306 g/mol. The van der Waals surface area contributed by atoms with Crippen LogP contribution in [0, 0.1) is 6.92 Å². The van der Waals surface area contributed by atoms with Crippen LogP contribution < -0.4 is 11.5 Å². The molecule has 0 aliphatic rings. The summed E-state index contributed by atoms with van der Waals surface area (Å²) in [6.45, 7) is 1.86. The van der Waals surface area contributed by atoms with E-state index in [1.54, 1.807) is 30.5 Å². The minimum atomic E-state index is -0.163. The van der Waals surface area contributed by atoms with Gasteiger partial charge in [-0.1, -0.05) is 0 Å². The number of hydrogen-bond acceptors (Lipinski definition) is 4. The molecule has 0 saturated carbocycles. The van der Waals surface area contributed by atoms with Crippen LogP contribution in [0.15, 0.2) is 34.9 Å². The predicted molar refractivity (Wildman–Crippen MR) is 75.4 cm³/mol. The molecule has 0 aliphatic heterocycles. The third-order valence-corrected chi connectivity index (χ3v) is 3.25. The normalized spacial score (nSPS) is 10.3. The first-order chi connectivity index (χ1) is 8.49. The number of nitrogen functional groups attached to an aromatic ring is 2. The SMILES string of the molecule is Cc1cnc(N)c(C(=O)c2ccc(N)c(Br)c2)c1. The highest BCUT2D eigenvalue weighted by molar-refractivity contribution is 9.10. The van der Waals surface area contributed by atoms with Gasteiger partial charge in [0, 0.05) is 21.9 Å². The highest BCUT2D eigenvalue weighted by atomic mass is 79.9. The number of aromatic nitrogens is 1. The second-order valence-electron chi connectivity index (χ2n) is 4.01. The third-order valence-electron chi connectivity index (χ3n) is 2.56. The van der Waals surface area contributed by atoms with Gasteiger partial charge in [0.15, 0.2) is 5.78 Å². The topological polar surface area (TPSA) is 82.0 Å². The van der Waals surface area contributed by atoms with Gasteiger partial charge in [-0.25, -0.2) is 4.98 Å². The number of carbonyl (C=O) groups is 1. The molecular formula is C13H12BrN3O. The van der Waals surface area contributed by atoms with E-state index in [-0.39, 0.29) is 11.6 Å². The summed E-state index contributed by atoms with van der Waals surface area (Å²) in [5, 5.41) is 0. The van der Waals surface area contributed by atoms with Crippen molar-refractivity contribution in [1.82, 2.24) is 4.98 Å². The van der Waals surface area contributed by atoms with Crippen molar-refractivity contribution in [2.75, 3.05) is 11.5 Å². The fourth-order valence-electron chi connectivity index (χ4n) is 1.59. The van der Waals surface area contributed by atoms with E-state index in [1.165, 1.54) is 0 Å². The maximum absolute atomic E-state index is 12.3. The molecule has 18 heavy (non-hydrogen) atoms. The first-order valence-electron chi connectivity index (χ1n) is 5.31. The Kier molecular flexibility index (Phi) is 3.34. The Labute approximate surface area is 113 Å². The summed E-state index contributed by atoms with van der Waals surface area (Å²) in [5.74, 6) is 0.0722. The highest BCUT2D eigenvalue weighted by Crippen LogP contribution is 2.23. The fraction of sp³-hybridized carbons (Fsp3) is 0.0769. The van der Waals surface area contributed by atoms with Gasteiger partial charge in [-0.3, -0.25) is 4.79 Å². The number of carbonyl (C=O) groups excluding carboxylic acids is 1. The van der Waals surface area contributed by atoms with Crippen LogP contribution in [-0.2, 0) is 0 Å². The maximum atomic E-state index is 12.3. The lowest BCUT2D eigenvalue weighted by atomic mass is 10.0. The number of nitrogens with two attached hydrogens (primary N) is 2. The van der Waals surface area contributed by atoms with Crippen LogP contribution in [0.3, 0.4) is 0 Å². The van der Waals surface area contributed by atoms with Gasteiger partial charge >= 0.3 is 0 Å². The van der Waals surface area contributed by atoms with E-state index < -0.39 is 0 Å². The van der Waals surface area contributed by atoms with Crippen LogP contribution in [0.4, 0.5) is 11.5 Å². The molecule has 0 unspecified atom stereocenters. The Morgan fingerprint density at radius 2 is 2.00 bits per heavy atom. The zero-order chi connectivity index (χ0) is 13.3. The van der Waals surface area contributed by atoms with Crippen LogP contribution in [0.2, 0.25) is 0 Å². The molecule has 0 atom stereocenters. The number of pyridine rings is 1. The number of benzene rings is 1. The highest BCUT2D eigenvalue weighted by Gasteiger charge is 2.14. The van der Waals surface area contributed by atoms with Gasteiger partial charge in [0.05, 0.1) is 5.56 Å². The molecule has 0 bridgehead atoms. The average Bonchev–Trinajstić information content (AvgIpc) is 2.35. The van der Waals surface area contributed by atoms with Gasteiger partial charge in [-0.15, -0.1) is 0 Å². The predicted octanol–water partition coefficient (Wildman–Crippen LogP) is 2.55. The molecule has 0 saturated heterocycles. The second kappa shape index (κ2) is 4.78. The minimum absolute atomic E-state index is 0.163. The molecule has 1 aromatic carbocycles. The minimum Gasteiger partial charge on any atom is -0.398 e. The lowest BCUT2D eigenvalue weighted by molar-refractivity contribution is 0.103. The van der Waals surface area contributed by atoms with Crippen LogP contribution in [-0.4, -0.2) is 10.8 Å². The van der Waals surface area contributed by atoms with Gasteiger partial charge in [0.2, 0.25) is 0 Å². The van der Waals surface area contributed by atoms with Crippen molar-refractivity contribution < 1.29 is 4.79 Å². The molecule has 4 N–H and O–H groups in total. The van der Waals surface area contributed by atoms with E-state index in [0.29, 0.717) is 21.3 Å². The molecule has 92 valence electrons. The van der Waals surface area contributed by atoms with Crippen molar-refractivity contribution in [3.05, 3.63) is 51.6 Å². The van der Waals surface area contributed by atoms with Crippen LogP contribution >= 0.6 is 15.9 Å². The molecule has 0 fully saturated rings. The quantitative estimate of drug-likeness (QED) is 0.660. The molecule has 0 aliphatic carbocycles. The van der Waals surface area contributed by atoms with Crippen molar-refractivity contribution in [1.29, 1.82) is 0 Å². The van der Waals surface area contributed by atoms with Gasteiger partial charge < -0.3 is 11.5 Å². The summed E-state index contributed by atoms with van der Waals surface area (Å²) in [5.41, 5.74) is 13.8. The first kappa shape index (κ1) is 12.6. The first-order valence-corrected chi connectivity index (χ1v) is 6.10. The Balaban J connectivity index is 2.47. The molecule has 0 amide bonds. The number of aryl methyl sites for hydroxylation is 1.